The Morgan fingerprint density at radius 3 is 1.44 bits per heavy atom. The minimum absolute atomic E-state index is 0.141. The minimum atomic E-state index is -1.73. The van der Waals surface area contributed by atoms with Crippen molar-refractivity contribution in [2.45, 2.75) is 288 Å². The molecule has 9 N–H and O–H groups in total. The summed E-state index contributed by atoms with van der Waals surface area (Å²) in [7, 11) is 0. The Morgan fingerprint density at radius 1 is 0.600 bits per heavy atom. The van der Waals surface area contributed by atoms with Crippen LogP contribution in [0.5, 0.6) is 0 Å². The third-order valence-electron chi connectivity index (χ3n) is 13.5. The summed E-state index contributed by atoms with van der Waals surface area (Å²) in [4.78, 5) is 89.6. The number of amides is 4. The quantitative estimate of drug-likeness (QED) is 0.0200. The van der Waals surface area contributed by atoms with E-state index in [1.807, 2.05) is 0 Å². The standard InChI is InChI=1S/C55H100N4O16/c1-6-8-10-12-14-16-18-20-22-24-26-28-30-32-45(63)71-37-42(74-47(65)33-31-29-27-25-23-21-19-17-15-13-11-9-7-2)38-72-46(64)35-34-43(52(56)67)58-54(69)48(39(3)61)59-53(68)40(4)73-51-49(57-41(5)62)55(70)75-44(36-60)50(51)66/h39-40,42-44,48-51,55,60-61,66,70H,6-38H2,1-5H3,(H2,56,67)(H,57,62)(H,58,69)(H,59,68). The molecule has 1 heterocycles. The van der Waals surface area contributed by atoms with Crippen LogP contribution in [0.1, 0.15) is 227 Å². The number of aliphatic hydroxyl groups is 4. The molecule has 1 saturated heterocycles. The Bertz CT molecular complexity index is 1590. The molecule has 436 valence electrons. The van der Waals surface area contributed by atoms with Crippen LogP contribution >= 0.6 is 0 Å². The number of primary amides is 1. The molecule has 4 amide bonds. The van der Waals surface area contributed by atoms with Crippen molar-refractivity contribution in [1.29, 1.82) is 0 Å². The zero-order chi connectivity index (χ0) is 55.8. The lowest BCUT2D eigenvalue weighted by atomic mass is 9.96. The number of nitrogens with two attached hydrogens (primary N) is 1. The molecule has 0 aliphatic carbocycles. The number of carbonyl (C=O) groups is 7. The summed E-state index contributed by atoms with van der Waals surface area (Å²) < 4.78 is 27.3. The van der Waals surface area contributed by atoms with E-state index in [1.165, 1.54) is 123 Å². The van der Waals surface area contributed by atoms with Crippen molar-refractivity contribution in [3.8, 4) is 0 Å². The van der Waals surface area contributed by atoms with E-state index in [9.17, 15) is 54.0 Å². The predicted molar refractivity (Wildman–Crippen MR) is 282 cm³/mol. The molecule has 0 aromatic carbocycles. The fourth-order valence-corrected chi connectivity index (χ4v) is 8.87. The lowest BCUT2D eigenvalue weighted by Gasteiger charge is -2.43. The minimum Gasteiger partial charge on any atom is -0.462 e. The van der Waals surface area contributed by atoms with Gasteiger partial charge in [0.05, 0.1) is 12.7 Å². The molecule has 0 radical (unpaired) electrons. The van der Waals surface area contributed by atoms with E-state index in [0.717, 1.165) is 51.9 Å². The molecule has 75 heavy (non-hydrogen) atoms. The number of rotatable bonds is 46. The van der Waals surface area contributed by atoms with E-state index in [1.54, 1.807) is 0 Å². The second kappa shape index (κ2) is 43.1. The zero-order valence-corrected chi connectivity index (χ0v) is 46.4. The molecule has 1 aliphatic heterocycles. The van der Waals surface area contributed by atoms with Gasteiger partial charge in [0, 0.05) is 26.2 Å². The van der Waals surface area contributed by atoms with Gasteiger partial charge >= 0.3 is 17.9 Å². The molecule has 1 rings (SSSR count). The molecule has 20 heteroatoms. The number of aliphatic hydroxyl groups excluding tert-OH is 4. The van der Waals surface area contributed by atoms with Crippen LogP contribution in [0.3, 0.4) is 0 Å². The summed E-state index contributed by atoms with van der Waals surface area (Å²) in [5.74, 6) is -5.55. The molecular weight excluding hydrogens is 973 g/mol. The highest BCUT2D eigenvalue weighted by Gasteiger charge is 2.47. The average molecular weight is 1070 g/mol. The Labute approximate surface area is 447 Å². The van der Waals surface area contributed by atoms with Gasteiger partial charge in [0.25, 0.3) is 0 Å². The normalized spacial score (nSPS) is 19.5. The average Bonchev–Trinajstić information content (AvgIpc) is 3.37. The lowest BCUT2D eigenvalue weighted by Crippen LogP contribution is -2.66. The second-order valence-electron chi connectivity index (χ2n) is 20.4. The van der Waals surface area contributed by atoms with Crippen LogP contribution in [0.2, 0.25) is 0 Å². The summed E-state index contributed by atoms with van der Waals surface area (Å²) in [6.45, 7) is 6.48. The van der Waals surface area contributed by atoms with Crippen molar-refractivity contribution >= 4 is 41.5 Å². The summed E-state index contributed by atoms with van der Waals surface area (Å²) >= 11 is 0. The smallest absolute Gasteiger partial charge is 0.306 e. The number of hydrogen-bond acceptors (Lipinski definition) is 16. The van der Waals surface area contributed by atoms with Gasteiger partial charge in [0.2, 0.25) is 23.6 Å². The highest BCUT2D eigenvalue weighted by Crippen LogP contribution is 2.24. The van der Waals surface area contributed by atoms with E-state index in [2.05, 4.69) is 29.8 Å². The number of nitrogens with one attached hydrogen (secondary N) is 3. The van der Waals surface area contributed by atoms with Gasteiger partial charge in [-0.25, -0.2) is 0 Å². The van der Waals surface area contributed by atoms with Crippen molar-refractivity contribution in [3.05, 3.63) is 0 Å². The molecule has 0 aromatic rings. The molecule has 1 fully saturated rings. The Kier molecular flexibility index (Phi) is 39.7. The molecule has 0 saturated carbocycles. The number of esters is 3. The van der Waals surface area contributed by atoms with Crippen LogP contribution in [0, 0.1) is 0 Å². The molecule has 0 spiro atoms. The van der Waals surface area contributed by atoms with Crippen molar-refractivity contribution < 1.29 is 77.7 Å². The van der Waals surface area contributed by atoms with E-state index in [-0.39, 0.29) is 25.9 Å². The van der Waals surface area contributed by atoms with Gasteiger partial charge in [0.15, 0.2) is 12.4 Å². The van der Waals surface area contributed by atoms with E-state index < -0.39 is 122 Å². The van der Waals surface area contributed by atoms with Crippen molar-refractivity contribution in [2.24, 2.45) is 5.73 Å². The first-order valence-corrected chi connectivity index (χ1v) is 28.6. The van der Waals surface area contributed by atoms with E-state index >= 15 is 0 Å². The Morgan fingerprint density at radius 2 is 1.03 bits per heavy atom. The molecule has 0 aromatic heterocycles. The van der Waals surface area contributed by atoms with Gasteiger partial charge in [-0.3, -0.25) is 33.6 Å². The van der Waals surface area contributed by atoms with Gasteiger partial charge in [-0.15, -0.1) is 0 Å². The highest BCUT2D eigenvalue weighted by molar-refractivity contribution is 5.93. The maximum atomic E-state index is 13.4. The summed E-state index contributed by atoms with van der Waals surface area (Å²) in [5.41, 5.74) is 5.56. The van der Waals surface area contributed by atoms with Crippen LogP contribution in [-0.4, -0.2) is 143 Å². The molecule has 0 bridgehead atoms. The Hall–Kier alpha value is -3.95. The fourth-order valence-electron chi connectivity index (χ4n) is 8.87. The summed E-state index contributed by atoms with van der Waals surface area (Å²) in [5, 5.41) is 48.2. The number of ether oxygens (including phenoxy) is 5. The predicted octanol–water partition coefficient (Wildman–Crippen LogP) is 5.91. The maximum Gasteiger partial charge on any atom is 0.306 e. The number of unbranched alkanes of at least 4 members (excludes halogenated alkanes) is 24. The van der Waals surface area contributed by atoms with E-state index in [4.69, 9.17) is 29.4 Å². The first-order chi connectivity index (χ1) is 35.9. The SMILES string of the molecule is CCCCCCCCCCCCCCCC(=O)OCC(COC(=O)CCC(NC(=O)C(NC(=O)C(C)OC1C(O)C(CO)OC(O)C1NC(C)=O)C(C)O)C(N)=O)OC(=O)CCCCCCCCCCCCCCC. The lowest BCUT2D eigenvalue weighted by molar-refractivity contribution is -0.266. The highest BCUT2D eigenvalue weighted by atomic mass is 16.6. The van der Waals surface area contributed by atoms with Crippen LogP contribution in [-0.2, 0) is 57.2 Å². The van der Waals surface area contributed by atoms with Gasteiger partial charge < -0.3 is 65.8 Å². The summed E-state index contributed by atoms with van der Waals surface area (Å²) in [6, 6.07) is -4.54. The summed E-state index contributed by atoms with van der Waals surface area (Å²) in [6.07, 6.45) is 19.3. The van der Waals surface area contributed by atoms with E-state index in [0.29, 0.717) is 12.8 Å². The molecular formula is C55H100N4O16. The molecule has 1 aliphatic rings. The monoisotopic (exact) mass is 1070 g/mol. The van der Waals surface area contributed by atoms with Gasteiger partial charge in [-0.2, -0.15) is 0 Å². The van der Waals surface area contributed by atoms with Gasteiger partial charge in [-0.1, -0.05) is 168 Å². The maximum absolute atomic E-state index is 13.4. The van der Waals surface area contributed by atoms with Crippen molar-refractivity contribution in [2.75, 3.05) is 19.8 Å². The van der Waals surface area contributed by atoms with Gasteiger partial charge in [-0.05, 0) is 33.1 Å². The largest absolute Gasteiger partial charge is 0.462 e. The number of hydrogen-bond donors (Lipinski definition) is 8. The van der Waals surface area contributed by atoms with Crippen LogP contribution < -0.4 is 21.7 Å². The van der Waals surface area contributed by atoms with Crippen molar-refractivity contribution in [1.82, 2.24) is 16.0 Å². The van der Waals surface area contributed by atoms with Crippen molar-refractivity contribution in [3.63, 3.8) is 0 Å². The van der Waals surface area contributed by atoms with Gasteiger partial charge in [0.1, 0.15) is 55.8 Å². The second-order valence-corrected chi connectivity index (χ2v) is 20.4. The van der Waals surface area contributed by atoms with Crippen LogP contribution in [0.25, 0.3) is 0 Å². The third-order valence-corrected chi connectivity index (χ3v) is 13.5. The number of carbonyl (C=O) groups excluding carboxylic acids is 7. The van der Waals surface area contributed by atoms with Crippen LogP contribution in [0.4, 0.5) is 0 Å². The molecule has 10 unspecified atom stereocenters. The molecule has 20 nitrogen and oxygen atoms in total. The first-order valence-electron chi connectivity index (χ1n) is 28.6. The molecule has 10 atom stereocenters. The third kappa shape index (κ3) is 33.1. The zero-order valence-electron chi connectivity index (χ0n) is 46.4. The fraction of sp³-hybridized carbons (Fsp3) is 0.873. The Balaban J connectivity index is 2.76. The topological polar surface area (TPSA) is 309 Å². The first kappa shape index (κ1) is 69.1. The van der Waals surface area contributed by atoms with Crippen LogP contribution in [0.15, 0.2) is 0 Å².